The van der Waals surface area contributed by atoms with Crippen molar-refractivity contribution in [3.05, 3.63) is 0 Å². The lowest BCUT2D eigenvalue weighted by molar-refractivity contribution is -0.145. The number of ether oxygens (including phenoxy) is 1. The molecule has 0 aromatic rings. The quantitative estimate of drug-likeness (QED) is 0.584. The van der Waals surface area contributed by atoms with Gasteiger partial charge in [-0.2, -0.15) is 0 Å². The second-order valence-electron chi connectivity index (χ2n) is 2.87. The van der Waals surface area contributed by atoms with E-state index in [0.29, 0.717) is 6.54 Å². The van der Waals surface area contributed by atoms with Gasteiger partial charge in [0.15, 0.2) is 9.84 Å². The molecule has 0 saturated carbocycles. The molecule has 1 unspecified atom stereocenters. The molecular formula is C7H13NO4S. The second-order valence-corrected chi connectivity index (χ2v) is 5.10. The summed E-state index contributed by atoms with van der Waals surface area (Å²) in [5.74, 6) is -0.528. The van der Waals surface area contributed by atoms with Crippen molar-refractivity contribution in [1.29, 1.82) is 0 Å². The van der Waals surface area contributed by atoms with Crippen molar-refractivity contribution in [3.63, 3.8) is 0 Å². The molecule has 1 heterocycles. The number of hydrogen-bond donors (Lipinski definition) is 1. The predicted molar refractivity (Wildman–Crippen MR) is 47.1 cm³/mol. The average Bonchev–Trinajstić information content (AvgIpc) is 2.03. The summed E-state index contributed by atoms with van der Waals surface area (Å²) in [7, 11) is -3.06. The third-order valence-electron chi connectivity index (χ3n) is 1.80. The largest absolute Gasteiger partial charge is 0.465 e. The molecule has 0 radical (unpaired) electrons. The van der Waals surface area contributed by atoms with Crippen LogP contribution in [0.25, 0.3) is 0 Å². The summed E-state index contributed by atoms with van der Waals surface area (Å²) in [5, 5.41) is 2.81. The van der Waals surface area contributed by atoms with Gasteiger partial charge in [-0.15, -0.1) is 0 Å². The van der Waals surface area contributed by atoms with E-state index in [-0.39, 0.29) is 18.1 Å². The minimum atomic E-state index is -3.06. The van der Waals surface area contributed by atoms with Crippen molar-refractivity contribution in [3.8, 4) is 0 Å². The zero-order valence-electron chi connectivity index (χ0n) is 7.45. The number of rotatable bonds is 2. The van der Waals surface area contributed by atoms with Gasteiger partial charge in [0.25, 0.3) is 0 Å². The molecule has 5 nitrogen and oxygen atoms in total. The number of esters is 1. The molecule has 0 aromatic heterocycles. The van der Waals surface area contributed by atoms with E-state index in [2.05, 4.69) is 5.32 Å². The van der Waals surface area contributed by atoms with Crippen LogP contribution in [-0.2, 0) is 19.4 Å². The van der Waals surface area contributed by atoms with Crippen LogP contribution in [0.1, 0.15) is 6.92 Å². The molecule has 1 aliphatic rings. The molecule has 0 spiro atoms. The monoisotopic (exact) mass is 207 g/mol. The molecule has 0 aromatic carbocycles. The number of nitrogens with one attached hydrogen (secondary N) is 1. The fourth-order valence-electron chi connectivity index (χ4n) is 1.18. The van der Waals surface area contributed by atoms with E-state index in [1.807, 2.05) is 0 Å². The highest BCUT2D eigenvalue weighted by atomic mass is 32.2. The molecule has 1 aliphatic heterocycles. The summed E-state index contributed by atoms with van der Waals surface area (Å²) in [6.45, 7) is 2.29. The van der Waals surface area contributed by atoms with Gasteiger partial charge in [0.1, 0.15) is 6.04 Å². The highest BCUT2D eigenvalue weighted by molar-refractivity contribution is 7.91. The Hall–Kier alpha value is -0.620. The molecule has 1 rings (SSSR count). The SMILES string of the molecule is CCOC(=O)C1CS(=O)(=O)CCN1. The summed E-state index contributed by atoms with van der Waals surface area (Å²) in [5.41, 5.74) is 0. The lowest BCUT2D eigenvalue weighted by atomic mass is 10.3. The molecule has 1 atom stereocenters. The van der Waals surface area contributed by atoms with Crippen molar-refractivity contribution < 1.29 is 17.9 Å². The first-order chi connectivity index (χ1) is 6.05. The fraction of sp³-hybridized carbons (Fsp3) is 0.857. The normalized spacial score (nSPS) is 26.7. The van der Waals surface area contributed by atoms with Gasteiger partial charge in [-0.05, 0) is 6.92 Å². The Kier molecular flexibility index (Phi) is 3.27. The van der Waals surface area contributed by atoms with E-state index in [1.54, 1.807) is 6.92 Å². The molecule has 76 valence electrons. The minimum absolute atomic E-state index is 0.100. The van der Waals surface area contributed by atoms with Gasteiger partial charge in [0.2, 0.25) is 0 Å². The highest BCUT2D eigenvalue weighted by Gasteiger charge is 2.30. The third kappa shape index (κ3) is 2.96. The van der Waals surface area contributed by atoms with Crippen LogP contribution in [-0.4, -0.2) is 45.1 Å². The van der Waals surface area contributed by atoms with Gasteiger partial charge >= 0.3 is 5.97 Å². The zero-order chi connectivity index (χ0) is 9.90. The van der Waals surface area contributed by atoms with Gasteiger partial charge in [0.05, 0.1) is 18.1 Å². The molecule has 0 amide bonds. The van der Waals surface area contributed by atoms with Gasteiger partial charge in [0, 0.05) is 6.54 Å². The topological polar surface area (TPSA) is 72.5 Å². The summed E-state index contributed by atoms with van der Waals surface area (Å²) in [4.78, 5) is 11.1. The molecule has 6 heteroatoms. The molecule has 0 aliphatic carbocycles. The zero-order valence-corrected chi connectivity index (χ0v) is 8.26. The molecular weight excluding hydrogens is 194 g/mol. The predicted octanol–water partition coefficient (Wildman–Crippen LogP) is -1.06. The summed E-state index contributed by atoms with van der Waals surface area (Å²) in [6, 6.07) is -0.682. The Morgan fingerprint density at radius 2 is 2.31 bits per heavy atom. The van der Waals surface area contributed by atoms with E-state index in [9.17, 15) is 13.2 Å². The van der Waals surface area contributed by atoms with Crippen LogP contribution < -0.4 is 5.32 Å². The molecule has 1 saturated heterocycles. The second kappa shape index (κ2) is 4.06. The number of carbonyl (C=O) groups excluding carboxylic acids is 1. The van der Waals surface area contributed by atoms with Crippen molar-refractivity contribution >= 4 is 15.8 Å². The Bertz CT molecular complexity index is 285. The van der Waals surface area contributed by atoms with Crippen molar-refractivity contribution in [2.24, 2.45) is 0 Å². The van der Waals surface area contributed by atoms with Crippen LogP contribution in [0.3, 0.4) is 0 Å². The lowest BCUT2D eigenvalue weighted by Gasteiger charge is -2.21. The summed E-state index contributed by atoms with van der Waals surface area (Å²) < 4.78 is 27.0. The first-order valence-corrected chi connectivity index (χ1v) is 5.98. The molecule has 0 bridgehead atoms. The van der Waals surface area contributed by atoms with Crippen LogP contribution in [0.15, 0.2) is 0 Å². The first kappa shape index (κ1) is 10.5. The van der Waals surface area contributed by atoms with E-state index < -0.39 is 21.8 Å². The van der Waals surface area contributed by atoms with Crippen LogP contribution in [0.5, 0.6) is 0 Å². The maximum Gasteiger partial charge on any atom is 0.324 e. The van der Waals surface area contributed by atoms with Gasteiger partial charge in [-0.25, -0.2) is 8.42 Å². The van der Waals surface area contributed by atoms with E-state index in [1.165, 1.54) is 0 Å². The molecule has 1 N–H and O–H groups in total. The Balaban J connectivity index is 2.57. The van der Waals surface area contributed by atoms with E-state index >= 15 is 0 Å². The molecule has 1 fully saturated rings. The Morgan fingerprint density at radius 1 is 1.62 bits per heavy atom. The van der Waals surface area contributed by atoms with Crippen molar-refractivity contribution in [2.75, 3.05) is 24.7 Å². The van der Waals surface area contributed by atoms with E-state index in [0.717, 1.165) is 0 Å². The Labute approximate surface area is 77.4 Å². The molecule has 13 heavy (non-hydrogen) atoms. The minimum Gasteiger partial charge on any atom is -0.465 e. The van der Waals surface area contributed by atoms with Crippen molar-refractivity contribution in [1.82, 2.24) is 5.32 Å². The van der Waals surface area contributed by atoms with Gasteiger partial charge in [-0.3, -0.25) is 4.79 Å². The van der Waals surface area contributed by atoms with Gasteiger partial charge < -0.3 is 10.1 Å². The first-order valence-electron chi connectivity index (χ1n) is 4.15. The summed E-state index contributed by atoms with van der Waals surface area (Å²) in [6.07, 6.45) is 0. The number of hydrogen-bond acceptors (Lipinski definition) is 5. The summed E-state index contributed by atoms with van der Waals surface area (Å²) >= 11 is 0. The van der Waals surface area contributed by atoms with Crippen LogP contribution >= 0.6 is 0 Å². The maximum absolute atomic E-state index is 11.1. The van der Waals surface area contributed by atoms with E-state index in [4.69, 9.17) is 4.74 Å². The van der Waals surface area contributed by atoms with Crippen molar-refractivity contribution in [2.45, 2.75) is 13.0 Å². The van der Waals surface area contributed by atoms with Crippen LogP contribution in [0, 0.1) is 0 Å². The number of carbonyl (C=O) groups is 1. The third-order valence-corrected chi connectivity index (χ3v) is 3.46. The fourth-order valence-corrected chi connectivity index (χ4v) is 2.54. The van der Waals surface area contributed by atoms with Crippen LogP contribution in [0.2, 0.25) is 0 Å². The highest BCUT2D eigenvalue weighted by Crippen LogP contribution is 2.02. The Morgan fingerprint density at radius 3 is 2.85 bits per heavy atom. The smallest absolute Gasteiger partial charge is 0.324 e. The average molecular weight is 207 g/mol. The standard InChI is InChI=1S/C7H13NO4S/c1-2-12-7(9)6-5-13(10,11)4-3-8-6/h6,8H,2-5H2,1H3. The maximum atomic E-state index is 11.1. The van der Waals surface area contributed by atoms with Crippen LogP contribution in [0.4, 0.5) is 0 Å². The lowest BCUT2D eigenvalue weighted by Crippen LogP contribution is -2.50. The van der Waals surface area contributed by atoms with Gasteiger partial charge in [-0.1, -0.05) is 0 Å². The number of sulfone groups is 1.